The Bertz CT molecular complexity index is 883. The van der Waals surface area contributed by atoms with Gasteiger partial charge in [0.2, 0.25) is 0 Å². The number of likely N-dealkylation sites (N-methyl/N-ethyl adjacent to an activating group) is 1. The summed E-state index contributed by atoms with van der Waals surface area (Å²) < 4.78 is 6.36. The first-order valence-corrected chi connectivity index (χ1v) is 9.30. The molecule has 0 unspecified atom stereocenters. The molecule has 7 heteroatoms. The van der Waals surface area contributed by atoms with Crippen LogP contribution in [0.2, 0.25) is 10.0 Å². The third kappa shape index (κ3) is 4.36. The van der Waals surface area contributed by atoms with Gasteiger partial charge >= 0.3 is 0 Å². The zero-order valence-corrected chi connectivity index (χ0v) is 16.3. The van der Waals surface area contributed by atoms with Crippen LogP contribution in [0, 0.1) is 0 Å². The summed E-state index contributed by atoms with van der Waals surface area (Å²) in [4.78, 5) is 14.1. The molecule has 2 aromatic carbocycles. The van der Waals surface area contributed by atoms with Crippen molar-refractivity contribution < 1.29 is 9.53 Å². The molecule has 128 valence electrons. The van der Waals surface area contributed by atoms with E-state index in [0.29, 0.717) is 31.6 Å². The van der Waals surface area contributed by atoms with Crippen molar-refractivity contribution in [3.8, 4) is 5.75 Å². The standard InChI is InChI=1S/C18H13Cl2NO2S2/c1-21-17(22)16(25-18(21)24)8-11-3-2-4-14(7-11)23-10-12-5-6-13(19)9-15(12)20/h2-9H,10H2,1H3/b16-8+. The molecular weight excluding hydrogens is 397 g/mol. The molecule has 2 aromatic rings. The normalized spacial score (nSPS) is 16.0. The Kier molecular flexibility index (Phi) is 5.69. The molecule has 0 N–H and O–H groups in total. The molecule has 1 fully saturated rings. The number of thioether (sulfide) groups is 1. The fourth-order valence-corrected chi connectivity index (χ4v) is 3.83. The first-order chi connectivity index (χ1) is 11.9. The molecule has 0 saturated carbocycles. The van der Waals surface area contributed by atoms with Crippen molar-refractivity contribution in [3.63, 3.8) is 0 Å². The number of carbonyl (C=O) groups excluding carboxylic acids is 1. The Labute approximate surface area is 165 Å². The molecule has 3 rings (SSSR count). The van der Waals surface area contributed by atoms with Gasteiger partial charge in [0.15, 0.2) is 0 Å². The first kappa shape index (κ1) is 18.3. The van der Waals surface area contributed by atoms with Gasteiger partial charge in [0.25, 0.3) is 5.91 Å². The van der Waals surface area contributed by atoms with Crippen LogP contribution in [-0.4, -0.2) is 22.2 Å². The third-order valence-corrected chi connectivity index (χ3v) is 5.62. The summed E-state index contributed by atoms with van der Waals surface area (Å²) in [6.45, 7) is 0.330. The second-order valence-corrected chi connectivity index (χ2v) is 7.86. The van der Waals surface area contributed by atoms with Crippen molar-refractivity contribution in [2.24, 2.45) is 0 Å². The van der Waals surface area contributed by atoms with Gasteiger partial charge in [0.05, 0.1) is 4.91 Å². The predicted octanol–water partition coefficient (Wildman–Crippen LogP) is 5.40. The Morgan fingerprint density at radius 3 is 2.72 bits per heavy atom. The highest BCUT2D eigenvalue weighted by molar-refractivity contribution is 8.26. The number of carbonyl (C=O) groups is 1. The Morgan fingerprint density at radius 1 is 1.24 bits per heavy atom. The number of hydrogen-bond acceptors (Lipinski definition) is 4. The fourth-order valence-electron chi connectivity index (χ4n) is 2.19. The van der Waals surface area contributed by atoms with E-state index < -0.39 is 0 Å². The molecular formula is C18H13Cl2NO2S2. The van der Waals surface area contributed by atoms with E-state index in [2.05, 4.69) is 0 Å². The van der Waals surface area contributed by atoms with Crippen molar-refractivity contribution in [3.05, 3.63) is 68.5 Å². The van der Waals surface area contributed by atoms with Crippen LogP contribution in [0.15, 0.2) is 47.4 Å². The van der Waals surface area contributed by atoms with E-state index in [1.54, 1.807) is 19.2 Å². The lowest BCUT2D eigenvalue weighted by Gasteiger charge is -2.09. The van der Waals surface area contributed by atoms with Crippen molar-refractivity contribution >= 4 is 63.5 Å². The largest absolute Gasteiger partial charge is 0.489 e. The van der Waals surface area contributed by atoms with Crippen LogP contribution in [0.1, 0.15) is 11.1 Å². The highest BCUT2D eigenvalue weighted by Gasteiger charge is 2.28. The highest BCUT2D eigenvalue weighted by atomic mass is 35.5. The van der Waals surface area contributed by atoms with E-state index in [4.69, 9.17) is 40.2 Å². The summed E-state index contributed by atoms with van der Waals surface area (Å²) in [5.41, 5.74) is 1.72. The number of benzene rings is 2. The molecule has 0 bridgehead atoms. The van der Waals surface area contributed by atoms with Crippen LogP contribution in [0.3, 0.4) is 0 Å². The van der Waals surface area contributed by atoms with E-state index >= 15 is 0 Å². The number of hydrogen-bond donors (Lipinski definition) is 0. The number of halogens is 2. The van der Waals surface area contributed by atoms with Crippen LogP contribution >= 0.6 is 47.2 Å². The quantitative estimate of drug-likeness (QED) is 0.499. The fraction of sp³-hybridized carbons (Fsp3) is 0.111. The highest BCUT2D eigenvalue weighted by Crippen LogP contribution is 2.32. The summed E-state index contributed by atoms with van der Waals surface area (Å²) >= 11 is 18.5. The van der Waals surface area contributed by atoms with E-state index in [1.807, 2.05) is 36.4 Å². The lowest BCUT2D eigenvalue weighted by Crippen LogP contribution is -2.22. The molecule has 0 radical (unpaired) electrons. The Morgan fingerprint density at radius 2 is 2.04 bits per heavy atom. The number of nitrogens with zero attached hydrogens (tertiary/aromatic N) is 1. The molecule has 1 heterocycles. The number of thiocarbonyl (C=S) groups is 1. The predicted molar refractivity (Wildman–Crippen MR) is 108 cm³/mol. The van der Waals surface area contributed by atoms with Crippen LogP contribution < -0.4 is 4.74 Å². The van der Waals surface area contributed by atoms with Crippen LogP contribution in [0.25, 0.3) is 6.08 Å². The van der Waals surface area contributed by atoms with Crippen LogP contribution in [0.4, 0.5) is 0 Å². The summed E-state index contributed by atoms with van der Waals surface area (Å²) in [6.07, 6.45) is 1.81. The van der Waals surface area contributed by atoms with E-state index in [9.17, 15) is 4.79 Å². The van der Waals surface area contributed by atoms with Gasteiger partial charge < -0.3 is 4.74 Å². The molecule has 1 saturated heterocycles. The molecule has 0 atom stereocenters. The summed E-state index contributed by atoms with van der Waals surface area (Å²) in [7, 11) is 1.67. The van der Waals surface area contributed by atoms with Gasteiger partial charge in [-0.3, -0.25) is 9.69 Å². The summed E-state index contributed by atoms with van der Waals surface area (Å²) in [6, 6.07) is 12.8. The van der Waals surface area contributed by atoms with Crippen LogP contribution in [-0.2, 0) is 11.4 Å². The van der Waals surface area contributed by atoms with Crippen molar-refractivity contribution in [2.75, 3.05) is 7.05 Å². The molecule has 0 spiro atoms. The SMILES string of the molecule is CN1C(=O)/C(=C\c2cccc(OCc3ccc(Cl)cc3Cl)c2)SC1=S. The smallest absolute Gasteiger partial charge is 0.265 e. The lowest BCUT2D eigenvalue weighted by molar-refractivity contribution is -0.121. The van der Waals surface area contributed by atoms with Gasteiger partial charge in [-0.25, -0.2) is 0 Å². The van der Waals surface area contributed by atoms with Gasteiger partial charge in [0, 0.05) is 22.7 Å². The lowest BCUT2D eigenvalue weighted by atomic mass is 10.2. The topological polar surface area (TPSA) is 29.5 Å². The third-order valence-electron chi connectivity index (χ3n) is 3.55. The van der Waals surface area contributed by atoms with Crippen LogP contribution in [0.5, 0.6) is 5.75 Å². The van der Waals surface area contributed by atoms with Crippen molar-refractivity contribution in [2.45, 2.75) is 6.61 Å². The molecule has 1 amide bonds. The Hall–Kier alpha value is -1.53. The van der Waals surface area contributed by atoms with Gasteiger partial charge in [-0.1, -0.05) is 65.4 Å². The molecule has 0 aromatic heterocycles. The minimum Gasteiger partial charge on any atom is -0.489 e. The second-order valence-electron chi connectivity index (χ2n) is 5.34. The van der Waals surface area contributed by atoms with Crippen molar-refractivity contribution in [1.82, 2.24) is 4.90 Å². The average Bonchev–Trinajstić information content (AvgIpc) is 2.81. The number of rotatable bonds is 4. The molecule has 25 heavy (non-hydrogen) atoms. The van der Waals surface area contributed by atoms with E-state index in [0.717, 1.165) is 11.1 Å². The maximum Gasteiger partial charge on any atom is 0.265 e. The molecule has 1 aliphatic heterocycles. The van der Waals surface area contributed by atoms with E-state index in [1.165, 1.54) is 16.7 Å². The molecule has 3 nitrogen and oxygen atoms in total. The minimum absolute atomic E-state index is 0.0886. The van der Waals surface area contributed by atoms with Gasteiger partial charge in [0.1, 0.15) is 16.7 Å². The zero-order valence-electron chi connectivity index (χ0n) is 13.2. The van der Waals surface area contributed by atoms with Gasteiger partial charge in [-0.05, 0) is 35.9 Å². The monoisotopic (exact) mass is 409 g/mol. The first-order valence-electron chi connectivity index (χ1n) is 7.32. The van der Waals surface area contributed by atoms with Gasteiger partial charge in [-0.2, -0.15) is 0 Å². The van der Waals surface area contributed by atoms with Gasteiger partial charge in [-0.15, -0.1) is 0 Å². The van der Waals surface area contributed by atoms with E-state index in [-0.39, 0.29) is 5.91 Å². The maximum absolute atomic E-state index is 12.1. The average molecular weight is 410 g/mol. The second kappa shape index (κ2) is 7.79. The number of amides is 1. The van der Waals surface area contributed by atoms with Crippen molar-refractivity contribution in [1.29, 1.82) is 0 Å². The minimum atomic E-state index is -0.0886. The molecule has 0 aliphatic carbocycles. The maximum atomic E-state index is 12.1. The number of ether oxygens (including phenoxy) is 1. The Balaban J connectivity index is 1.74. The summed E-state index contributed by atoms with van der Waals surface area (Å²) in [5, 5.41) is 1.15. The summed E-state index contributed by atoms with van der Waals surface area (Å²) in [5.74, 6) is 0.598. The zero-order chi connectivity index (χ0) is 18.0. The molecule has 1 aliphatic rings.